The smallest absolute Gasteiger partial charge is 0.264 e. The summed E-state index contributed by atoms with van der Waals surface area (Å²) in [5.74, 6) is 2.03. The molecule has 0 radical (unpaired) electrons. The van der Waals surface area contributed by atoms with Crippen molar-refractivity contribution >= 4 is 33.2 Å². The third-order valence-corrected chi connectivity index (χ3v) is 6.52. The van der Waals surface area contributed by atoms with Crippen LogP contribution in [-0.4, -0.2) is 22.8 Å². The van der Waals surface area contributed by atoms with Gasteiger partial charge in [0.05, 0.1) is 5.39 Å². The Kier molecular flexibility index (Phi) is 4.27. The van der Waals surface area contributed by atoms with Crippen molar-refractivity contribution in [1.82, 2.24) is 9.55 Å². The van der Waals surface area contributed by atoms with Gasteiger partial charge in [-0.15, -0.1) is 11.3 Å². The molecular formula is C21H23N3O3S. The van der Waals surface area contributed by atoms with Gasteiger partial charge in [0.2, 0.25) is 5.95 Å². The topological polar surface area (TPSA) is 65.4 Å². The van der Waals surface area contributed by atoms with E-state index >= 15 is 0 Å². The first-order valence-corrected chi connectivity index (χ1v) is 10.7. The van der Waals surface area contributed by atoms with Crippen molar-refractivity contribution in [2.75, 3.05) is 18.5 Å². The molecule has 0 saturated heterocycles. The zero-order valence-corrected chi connectivity index (χ0v) is 16.9. The van der Waals surface area contributed by atoms with Crippen LogP contribution in [0.3, 0.4) is 0 Å². The molecule has 0 amide bonds. The highest BCUT2D eigenvalue weighted by molar-refractivity contribution is 7.18. The lowest BCUT2D eigenvalue weighted by Crippen LogP contribution is -2.26. The van der Waals surface area contributed by atoms with Crippen LogP contribution in [0.2, 0.25) is 0 Å². The third kappa shape index (κ3) is 2.85. The van der Waals surface area contributed by atoms with Crippen LogP contribution < -0.4 is 20.3 Å². The van der Waals surface area contributed by atoms with Gasteiger partial charge in [-0.05, 0) is 57.2 Å². The van der Waals surface area contributed by atoms with E-state index in [2.05, 4.69) is 5.32 Å². The average Bonchev–Trinajstić information content (AvgIpc) is 3.06. The molecule has 0 unspecified atom stereocenters. The summed E-state index contributed by atoms with van der Waals surface area (Å²) in [6.07, 6.45) is 4.39. The van der Waals surface area contributed by atoms with Gasteiger partial charge in [-0.1, -0.05) is 0 Å². The third-order valence-electron chi connectivity index (χ3n) is 5.34. The maximum absolute atomic E-state index is 13.4. The van der Waals surface area contributed by atoms with Gasteiger partial charge >= 0.3 is 0 Å². The Hall–Kier alpha value is -2.54. The molecule has 1 aliphatic heterocycles. The van der Waals surface area contributed by atoms with E-state index in [1.165, 1.54) is 16.9 Å². The van der Waals surface area contributed by atoms with Crippen LogP contribution >= 0.6 is 11.3 Å². The Labute approximate surface area is 167 Å². The Balaban J connectivity index is 1.62. The molecule has 0 fully saturated rings. The zero-order valence-electron chi connectivity index (χ0n) is 16.1. The molecule has 5 rings (SSSR count). The van der Waals surface area contributed by atoms with Crippen LogP contribution in [0.1, 0.15) is 43.2 Å². The molecule has 0 atom stereocenters. The summed E-state index contributed by atoms with van der Waals surface area (Å²) in [4.78, 5) is 20.4. The van der Waals surface area contributed by atoms with Crippen LogP contribution in [0.5, 0.6) is 11.5 Å². The lowest BCUT2D eigenvalue weighted by molar-refractivity contribution is 0.171. The summed E-state index contributed by atoms with van der Waals surface area (Å²) in [5.41, 5.74) is 2.11. The Morgan fingerprint density at radius 3 is 2.75 bits per heavy atom. The summed E-state index contributed by atoms with van der Waals surface area (Å²) >= 11 is 1.67. The zero-order chi connectivity index (χ0) is 19.3. The van der Waals surface area contributed by atoms with Crippen molar-refractivity contribution in [2.24, 2.45) is 0 Å². The van der Waals surface area contributed by atoms with E-state index in [0.29, 0.717) is 24.9 Å². The van der Waals surface area contributed by atoms with Gasteiger partial charge in [-0.25, -0.2) is 4.98 Å². The van der Waals surface area contributed by atoms with E-state index in [1.54, 1.807) is 15.9 Å². The fraction of sp³-hybridized carbons (Fsp3) is 0.429. The minimum Gasteiger partial charge on any atom is -0.486 e. The normalized spacial score (nSPS) is 15.7. The number of thiophene rings is 1. The molecule has 28 heavy (non-hydrogen) atoms. The lowest BCUT2D eigenvalue weighted by Gasteiger charge is -2.20. The van der Waals surface area contributed by atoms with Crippen molar-refractivity contribution in [3.8, 4) is 11.5 Å². The first-order valence-electron chi connectivity index (χ1n) is 9.85. The summed E-state index contributed by atoms with van der Waals surface area (Å²) in [6.45, 7) is 5.14. The van der Waals surface area contributed by atoms with E-state index in [4.69, 9.17) is 14.5 Å². The Bertz CT molecular complexity index is 1120. The number of nitrogens with zero attached hydrogens (tertiary/aromatic N) is 2. The summed E-state index contributed by atoms with van der Waals surface area (Å²) in [7, 11) is 0. The molecule has 2 aliphatic rings. The number of rotatable bonds is 3. The van der Waals surface area contributed by atoms with Crippen LogP contribution in [-0.2, 0) is 12.8 Å². The predicted octanol–water partition coefficient (Wildman–Crippen LogP) is 4.43. The van der Waals surface area contributed by atoms with Gasteiger partial charge in [0.25, 0.3) is 5.56 Å². The van der Waals surface area contributed by atoms with Crippen LogP contribution in [0, 0.1) is 0 Å². The highest BCUT2D eigenvalue weighted by atomic mass is 32.1. The van der Waals surface area contributed by atoms with Gasteiger partial charge < -0.3 is 14.8 Å². The van der Waals surface area contributed by atoms with Crippen molar-refractivity contribution < 1.29 is 9.47 Å². The van der Waals surface area contributed by atoms with Crippen LogP contribution in [0.4, 0.5) is 11.6 Å². The molecule has 146 valence electrons. The number of hydrogen-bond donors (Lipinski definition) is 1. The van der Waals surface area contributed by atoms with Gasteiger partial charge in [-0.3, -0.25) is 9.36 Å². The SMILES string of the molecule is CC(C)n1c(Nc2ccc3c(c2)OCCO3)nc2sc3c(c2c1=O)CCCC3. The summed E-state index contributed by atoms with van der Waals surface area (Å²) in [5, 5.41) is 4.16. The van der Waals surface area contributed by atoms with E-state index in [1.807, 2.05) is 32.0 Å². The maximum atomic E-state index is 13.4. The second-order valence-electron chi connectivity index (χ2n) is 7.58. The molecule has 6 nitrogen and oxygen atoms in total. The molecule has 2 aromatic heterocycles. The summed E-state index contributed by atoms with van der Waals surface area (Å²) in [6, 6.07) is 5.71. The molecular weight excluding hydrogens is 374 g/mol. The predicted molar refractivity (Wildman–Crippen MR) is 112 cm³/mol. The van der Waals surface area contributed by atoms with Crippen LogP contribution in [0.15, 0.2) is 23.0 Å². The molecule has 0 spiro atoms. The number of aryl methyl sites for hydroxylation is 2. The minimum absolute atomic E-state index is 0.00301. The van der Waals surface area contributed by atoms with Crippen molar-refractivity contribution in [1.29, 1.82) is 0 Å². The van der Waals surface area contributed by atoms with E-state index < -0.39 is 0 Å². The quantitative estimate of drug-likeness (QED) is 0.708. The number of nitrogens with one attached hydrogen (secondary N) is 1. The van der Waals surface area contributed by atoms with Crippen LogP contribution in [0.25, 0.3) is 10.2 Å². The number of ether oxygens (including phenoxy) is 2. The standard InChI is InChI=1S/C21H23N3O3S/c1-12(2)24-20(25)18-14-5-3-4-6-17(14)28-19(18)23-21(24)22-13-7-8-15-16(11-13)27-10-9-26-15/h7-8,11-12H,3-6,9-10H2,1-2H3,(H,22,23). The fourth-order valence-corrected chi connectivity index (χ4v) is 5.29. The highest BCUT2D eigenvalue weighted by Gasteiger charge is 2.23. The van der Waals surface area contributed by atoms with Crippen molar-refractivity contribution in [3.05, 3.63) is 39.0 Å². The number of hydrogen-bond acceptors (Lipinski definition) is 6. The minimum atomic E-state index is 0.00301. The molecule has 0 bridgehead atoms. The van der Waals surface area contributed by atoms with E-state index in [0.717, 1.165) is 40.9 Å². The molecule has 1 aromatic carbocycles. The van der Waals surface area contributed by atoms with Gasteiger partial charge in [0, 0.05) is 22.7 Å². The first kappa shape index (κ1) is 17.6. The second-order valence-corrected chi connectivity index (χ2v) is 8.66. The average molecular weight is 398 g/mol. The number of benzene rings is 1. The fourth-order valence-electron chi connectivity index (χ4n) is 4.03. The molecule has 7 heteroatoms. The number of anilines is 2. The van der Waals surface area contributed by atoms with Gasteiger partial charge in [-0.2, -0.15) is 0 Å². The van der Waals surface area contributed by atoms with Crippen molar-refractivity contribution in [2.45, 2.75) is 45.6 Å². The monoisotopic (exact) mass is 397 g/mol. The number of fused-ring (bicyclic) bond motifs is 4. The second kappa shape index (κ2) is 6.81. The molecule has 1 aliphatic carbocycles. The van der Waals surface area contributed by atoms with Crippen molar-refractivity contribution in [3.63, 3.8) is 0 Å². The Morgan fingerprint density at radius 1 is 1.14 bits per heavy atom. The summed E-state index contributed by atoms with van der Waals surface area (Å²) < 4.78 is 13.0. The van der Waals surface area contributed by atoms with Gasteiger partial charge in [0.1, 0.15) is 18.0 Å². The molecule has 3 heterocycles. The highest BCUT2D eigenvalue weighted by Crippen LogP contribution is 2.36. The van der Waals surface area contributed by atoms with E-state index in [-0.39, 0.29) is 11.6 Å². The lowest BCUT2D eigenvalue weighted by atomic mass is 9.97. The number of aromatic nitrogens is 2. The largest absolute Gasteiger partial charge is 0.486 e. The van der Waals surface area contributed by atoms with E-state index in [9.17, 15) is 4.79 Å². The molecule has 1 N–H and O–H groups in total. The molecule has 3 aromatic rings. The Morgan fingerprint density at radius 2 is 1.93 bits per heavy atom. The maximum Gasteiger partial charge on any atom is 0.264 e. The molecule has 0 saturated carbocycles. The van der Waals surface area contributed by atoms with Gasteiger partial charge in [0.15, 0.2) is 11.5 Å². The first-order chi connectivity index (χ1) is 13.6.